The molecule has 1 aliphatic rings. The molecule has 0 spiro atoms. The second-order valence-electron chi connectivity index (χ2n) is 6.06. The van der Waals surface area contributed by atoms with Crippen molar-refractivity contribution >= 4 is 22.2 Å². The molecule has 7 heteroatoms. The molecule has 1 fully saturated rings. The van der Waals surface area contributed by atoms with Crippen molar-refractivity contribution in [1.29, 1.82) is 0 Å². The predicted molar refractivity (Wildman–Crippen MR) is 95.0 cm³/mol. The van der Waals surface area contributed by atoms with Gasteiger partial charge in [0, 0.05) is 38.1 Å². The average molecular weight is 341 g/mol. The second-order valence-corrected chi connectivity index (χ2v) is 6.78. The van der Waals surface area contributed by atoms with Gasteiger partial charge in [0.1, 0.15) is 5.82 Å². The Hall–Kier alpha value is -2.09. The molecule has 1 saturated heterocycles. The van der Waals surface area contributed by atoms with Crippen LogP contribution in [0.1, 0.15) is 11.5 Å². The van der Waals surface area contributed by atoms with E-state index in [4.69, 9.17) is 0 Å². The highest BCUT2D eigenvalue weighted by molar-refractivity contribution is 7.07. The summed E-state index contributed by atoms with van der Waals surface area (Å²) in [6.07, 6.45) is 0. The molecule has 0 unspecified atom stereocenters. The number of nitrogens with zero attached hydrogens (tertiary/aromatic N) is 4. The van der Waals surface area contributed by atoms with Gasteiger partial charge in [-0.05, 0) is 12.1 Å². The van der Waals surface area contributed by atoms with Gasteiger partial charge in [-0.2, -0.15) is 0 Å². The summed E-state index contributed by atoms with van der Waals surface area (Å²) in [6.45, 7) is 5.57. The van der Waals surface area contributed by atoms with Crippen molar-refractivity contribution in [3.05, 3.63) is 57.0 Å². The first-order valence-electron chi connectivity index (χ1n) is 8.08. The van der Waals surface area contributed by atoms with Gasteiger partial charge in [0.15, 0.2) is 0 Å². The molecule has 24 heavy (non-hydrogen) atoms. The van der Waals surface area contributed by atoms with Crippen LogP contribution in [-0.2, 0) is 13.1 Å². The molecule has 1 aliphatic heterocycles. The van der Waals surface area contributed by atoms with Crippen LogP contribution in [0.4, 0.5) is 0 Å². The summed E-state index contributed by atoms with van der Waals surface area (Å²) in [7, 11) is 0. The van der Waals surface area contributed by atoms with Crippen LogP contribution in [0.2, 0.25) is 0 Å². The van der Waals surface area contributed by atoms with E-state index >= 15 is 0 Å². The van der Waals surface area contributed by atoms with E-state index in [9.17, 15) is 4.79 Å². The lowest BCUT2D eigenvalue weighted by Crippen LogP contribution is -2.45. The lowest BCUT2D eigenvalue weighted by atomic mass is 10.2. The fraction of sp³-hybridized carbons (Fsp3) is 0.353. The normalized spacial score (nSPS) is 16.7. The van der Waals surface area contributed by atoms with Crippen LogP contribution < -0.4 is 5.56 Å². The van der Waals surface area contributed by atoms with Crippen LogP contribution in [0.5, 0.6) is 0 Å². The van der Waals surface area contributed by atoms with E-state index in [0.29, 0.717) is 11.9 Å². The van der Waals surface area contributed by atoms with Gasteiger partial charge < -0.3 is 4.98 Å². The van der Waals surface area contributed by atoms with E-state index in [-0.39, 0.29) is 5.56 Å². The number of hydrogen-bond acceptors (Lipinski definition) is 6. The quantitative estimate of drug-likeness (QED) is 0.782. The summed E-state index contributed by atoms with van der Waals surface area (Å²) in [6, 6.07) is 7.47. The van der Waals surface area contributed by atoms with Crippen molar-refractivity contribution in [2.75, 3.05) is 26.2 Å². The van der Waals surface area contributed by atoms with E-state index < -0.39 is 0 Å². The van der Waals surface area contributed by atoms with Crippen molar-refractivity contribution < 1.29 is 0 Å². The third-order valence-electron chi connectivity index (χ3n) is 4.37. The second kappa shape index (κ2) is 6.80. The lowest BCUT2D eigenvalue weighted by molar-refractivity contribution is 0.119. The summed E-state index contributed by atoms with van der Waals surface area (Å²) < 4.78 is 0. The average Bonchev–Trinajstić information content (AvgIpc) is 3.10. The van der Waals surface area contributed by atoms with Crippen LogP contribution in [0, 0.1) is 0 Å². The van der Waals surface area contributed by atoms with E-state index in [1.807, 2.05) is 29.8 Å². The number of fused-ring (bicyclic) bond motifs is 1. The predicted octanol–water partition coefficient (Wildman–Crippen LogP) is 1.70. The number of piperazine rings is 1. The molecule has 0 radical (unpaired) electrons. The van der Waals surface area contributed by atoms with Crippen molar-refractivity contribution in [1.82, 2.24) is 24.8 Å². The molecule has 1 aromatic carbocycles. The van der Waals surface area contributed by atoms with Crippen LogP contribution in [0.25, 0.3) is 10.9 Å². The third kappa shape index (κ3) is 3.38. The highest BCUT2D eigenvalue weighted by atomic mass is 32.1. The first-order chi connectivity index (χ1) is 11.8. The maximum absolute atomic E-state index is 12.1. The van der Waals surface area contributed by atoms with E-state index in [1.165, 1.54) is 0 Å². The minimum Gasteiger partial charge on any atom is -0.309 e. The molecular formula is C17H19N5OS. The maximum Gasteiger partial charge on any atom is 0.258 e. The minimum absolute atomic E-state index is 0.0576. The van der Waals surface area contributed by atoms with Gasteiger partial charge in [-0.25, -0.2) is 9.97 Å². The molecule has 0 saturated carbocycles. The van der Waals surface area contributed by atoms with Crippen LogP contribution >= 0.6 is 11.3 Å². The molecule has 6 nitrogen and oxygen atoms in total. The zero-order chi connectivity index (χ0) is 16.4. The number of hydrogen-bond donors (Lipinski definition) is 1. The van der Waals surface area contributed by atoms with Gasteiger partial charge in [-0.15, -0.1) is 11.3 Å². The molecule has 0 aliphatic carbocycles. The Morgan fingerprint density at radius 2 is 1.83 bits per heavy atom. The first kappa shape index (κ1) is 15.4. The summed E-state index contributed by atoms with van der Waals surface area (Å²) in [5.41, 5.74) is 3.73. The van der Waals surface area contributed by atoms with Gasteiger partial charge in [0.2, 0.25) is 0 Å². The number of aromatic amines is 1. The zero-order valence-electron chi connectivity index (χ0n) is 13.3. The maximum atomic E-state index is 12.1. The molecule has 0 amide bonds. The highest BCUT2D eigenvalue weighted by Gasteiger charge is 2.18. The fourth-order valence-electron chi connectivity index (χ4n) is 3.07. The van der Waals surface area contributed by atoms with Crippen molar-refractivity contribution in [2.45, 2.75) is 13.1 Å². The summed E-state index contributed by atoms with van der Waals surface area (Å²) in [4.78, 5) is 28.8. The smallest absolute Gasteiger partial charge is 0.258 e. The zero-order valence-corrected chi connectivity index (χ0v) is 14.1. The molecule has 3 heterocycles. The standard InChI is InChI=1S/C17H19N5OS/c23-17-14-3-1-2-4-15(14)19-16(20-17)10-22-7-5-21(6-8-22)9-13-11-24-12-18-13/h1-4,11-12H,5-10H2,(H,19,20,23). The van der Waals surface area contributed by atoms with Crippen molar-refractivity contribution in [3.63, 3.8) is 0 Å². The van der Waals surface area contributed by atoms with Crippen molar-refractivity contribution in [3.8, 4) is 0 Å². The molecule has 4 rings (SSSR count). The number of aromatic nitrogens is 3. The van der Waals surface area contributed by atoms with E-state index in [2.05, 4.69) is 30.1 Å². The monoisotopic (exact) mass is 341 g/mol. The van der Waals surface area contributed by atoms with Crippen LogP contribution in [-0.4, -0.2) is 50.9 Å². The number of H-pyrrole nitrogens is 1. The summed E-state index contributed by atoms with van der Waals surface area (Å²) in [5.74, 6) is 0.742. The SMILES string of the molecule is O=c1[nH]c(CN2CCN(Cc3cscn3)CC2)nc2ccccc12. The third-order valence-corrected chi connectivity index (χ3v) is 5.00. The number of thiazole rings is 1. The summed E-state index contributed by atoms with van der Waals surface area (Å²) >= 11 is 1.64. The molecule has 0 atom stereocenters. The highest BCUT2D eigenvalue weighted by Crippen LogP contribution is 2.11. The minimum atomic E-state index is -0.0576. The van der Waals surface area contributed by atoms with Gasteiger partial charge in [0.05, 0.1) is 28.7 Å². The Labute approximate surface area is 143 Å². The Balaban J connectivity index is 1.39. The number of nitrogens with one attached hydrogen (secondary N) is 1. The molecule has 3 aromatic rings. The summed E-state index contributed by atoms with van der Waals surface area (Å²) in [5, 5.41) is 2.75. The number of rotatable bonds is 4. The van der Waals surface area contributed by atoms with Crippen molar-refractivity contribution in [2.24, 2.45) is 0 Å². The van der Waals surface area contributed by atoms with E-state index in [1.54, 1.807) is 11.3 Å². The van der Waals surface area contributed by atoms with E-state index in [0.717, 1.165) is 49.8 Å². The Morgan fingerprint density at radius 1 is 1.08 bits per heavy atom. The largest absolute Gasteiger partial charge is 0.309 e. The number of para-hydroxylation sites is 1. The lowest BCUT2D eigenvalue weighted by Gasteiger charge is -2.33. The van der Waals surface area contributed by atoms with Gasteiger partial charge >= 0.3 is 0 Å². The van der Waals surface area contributed by atoms with Gasteiger partial charge in [0.25, 0.3) is 5.56 Å². The van der Waals surface area contributed by atoms with Gasteiger partial charge in [-0.1, -0.05) is 12.1 Å². The molecule has 2 aromatic heterocycles. The van der Waals surface area contributed by atoms with Crippen LogP contribution in [0.15, 0.2) is 40.0 Å². The topological polar surface area (TPSA) is 65.1 Å². The van der Waals surface area contributed by atoms with Crippen LogP contribution in [0.3, 0.4) is 0 Å². The molecular weight excluding hydrogens is 322 g/mol. The van der Waals surface area contributed by atoms with Gasteiger partial charge in [-0.3, -0.25) is 14.6 Å². The molecule has 0 bridgehead atoms. The Bertz CT molecular complexity index is 868. The first-order valence-corrected chi connectivity index (χ1v) is 9.02. The Morgan fingerprint density at radius 3 is 2.58 bits per heavy atom. The molecule has 124 valence electrons. The number of benzene rings is 1. The fourth-order valence-corrected chi connectivity index (χ4v) is 3.62. The Kier molecular flexibility index (Phi) is 4.38. The molecule has 1 N–H and O–H groups in total.